The van der Waals surface area contributed by atoms with Crippen molar-refractivity contribution >= 4 is 34.9 Å². The van der Waals surface area contributed by atoms with Gasteiger partial charge in [0.25, 0.3) is 5.91 Å². The van der Waals surface area contributed by atoms with Crippen molar-refractivity contribution in [3.8, 4) is 11.5 Å². The molecule has 4 rings (SSSR count). The lowest BCUT2D eigenvalue weighted by Crippen LogP contribution is -2.47. The molecule has 9 heteroatoms. The molecule has 7 nitrogen and oxygen atoms in total. The van der Waals surface area contributed by atoms with Gasteiger partial charge < -0.3 is 19.7 Å². The number of nitrogens with one attached hydrogen (secondary N) is 1. The minimum atomic E-state index is -0.588. The summed E-state index contributed by atoms with van der Waals surface area (Å²) in [4.78, 5) is 33.5. The van der Waals surface area contributed by atoms with Crippen molar-refractivity contribution in [3.05, 3.63) is 76.2 Å². The molecule has 2 unspecified atom stereocenters. The quantitative estimate of drug-likeness (QED) is 0.568. The van der Waals surface area contributed by atoms with Crippen LogP contribution in [0.5, 0.6) is 11.5 Å². The molecule has 0 saturated carbocycles. The molecule has 0 spiro atoms. The van der Waals surface area contributed by atoms with Crippen LogP contribution in [0.15, 0.2) is 60.2 Å². The molecule has 1 aromatic carbocycles. The summed E-state index contributed by atoms with van der Waals surface area (Å²) >= 11 is 3.17. The Bertz CT molecular complexity index is 1080. The van der Waals surface area contributed by atoms with E-state index in [-0.39, 0.29) is 17.2 Å². The Balaban J connectivity index is 1.60. The van der Waals surface area contributed by atoms with Crippen molar-refractivity contribution in [2.75, 3.05) is 20.0 Å². The van der Waals surface area contributed by atoms with Crippen LogP contribution in [0.25, 0.3) is 0 Å². The van der Waals surface area contributed by atoms with Crippen molar-refractivity contribution in [1.82, 2.24) is 15.2 Å². The van der Waals surface area contributed by atoms with Gasteiger partial charge in [-0.25, -0.2) is 0 Å². The predicted molar refractivity (Wildman–Crippen MR) is 125 cm³/mol. The number of rotatable bonds is 7. The van der Waals surface area contributed by atoms with Crippen LogP contribution in [0.2, 0.25) is 0 Å². The topological polar surface area (TPSA) is 80.8 Å². The molecular formula is C23H23N3O4S2. The van der Waals surface area contributed by atoms with E-state index in [2.05, 4.69) is 10.3 Å². The summed E-state index contributed by atoms with van der Waals surface area (Å²) in [7, 11) is 3.08. The summed E-state index contributed by atoms with van der Waals surface area (Å²) < 4.78 is 10.7. The number of carbonyl (C=O) groups excluding carboxylic acids is 2. The largest absolute Gasteiger partial charge is 0.493 e. The molecule has 2 atom stereocenters. The lowest BCUT2D eigenvalue weighted by atomic mass is 10.1. The van der Waals surface area contributed by atoms with Crippen LogP contribution in [0.1, 0.15) is 26.2 Å². The second-order valence-electron chi connectivity index (χ2n) is 7.07. The highest BCUT2D eigenvalue weighted by atomic mass is 32.2. The molecule has 0 aliphatic carbocycles. The van der Waals surface area contributed by atoms with Gasteiger partial charge in [-0.05, 0) is 47.3 Å². The lowest BCUT2D eigenvalue weighted by molar-refractivity contribution is -0.125. The van der Waals surface area contributed by atoms with Gasteiger partial charge in [0.1, 0.15) is 11.4 Å². The summed E-state index contributed by atoms with van der Waals surface area (Å²) in [5.74, 6) is 1.13. The third-order valence-corrected chi connectivity index (χ3v) is 7.55. The first-order chi connectivity index (χ1) is 15.6. The number of thiophene rings is 1. The number of benzene rings is 1. The van der Waals surface area contributed by atoms with E-state index in [4.69, 9.17) is 9.47 Å². The molecule has 2 aromatic heterocycles. The first-order valence-electron chi connectivity index (χ1n) is 9.98. The maximum atomic E-state index is 13.6. The second-order valence-corrected chi connectivity index (χ2v) is 9.16. The van der Waals surface area contributed by atoms with E-state index in [0.29, 0.717) is 29.4 Å². The fourth-order valence-electron chi connectivity index (χ4n) is 3.53. The van der Waals surface area contributed by atoms with Crippen molar-refractivity contribution in [1.29, 1.82) is 0 Å². The number of methoxy groups -OCH3 is 2. The van der Waals surface area contributed by atoms with Crippen LogP contribution in [0, 0.1) is 0 Å². The molecule has 0 bridgehead atoms. The van der Waals surface area contributed by atoms with Crippen molar-refractivity contribution in [2.45, 2.75) is 18.0 Å². The van der Waals surface area contributed by atoms with E-state index >= 15 is 0 Å². The normalized spacial score (nSPS) is 17.8. The standard InChI is InChI=1S/C23H23N3O4S2/c1-29-18-6-5-16(12-19(18)30-2)22(28)26-17(14-32-23(26)20-4-3-11-31-20)21(27)25-13-15-7-9-24-10-8-15/h3-12,17,23H,13-14H2,1-2H3,(H,25,27). The van der Waals surface area contributed by atoms with Gasteiger partial charge >= 0.3 is 0 Å². The third-order valence-electron chi connectivity index (χ3n) is 5.17. The molecule has 1 saturated heterocycles. The summed E-state index contributed by atoms with van der Waals surface area (Å²) in [6.07, 6.45) is 3.37. The molecule has 1 N–H and O–H groups in total. The number of amides is 2. The Morgan fingerprint density at radius 3 is 2.59 bits per heavy atom. The second kappa shape index (κ2) is 10.1. The van der Waals surface area contributed by atoms with Crippen molar-refractivity contribution < 1.29 is 19.1 Å². The molecule has 166 valence electrons. The fraction of sp³-hybridized carbons (Fsp3) is 0.261. The molecule has 1 fully saturated rings. The molecule has 3 aromatic rings. The molecule has 32 heavy (non-hydrogen) atoms. The average molecular weight is 470 g/mol. The molecule has 3 heterocycles. The minimum Gasteiger partial charge on any atom is -0.493 e. The number of carbonyl (C=O) groups is 2. The molecular weight excluding hydrogens is 446 g/mol. The summed E-state index contributed by atoms with van der Waals surface area (Å²) in [5.41, 5.74) is 1.39. The van der Waals surface area contributed by atoms with Crippen LogP contribution < -0.4 is 14.8 Å². The first-order valence-corrected chi connectivity index (χ1v) is 11.9. The van der Waals surface area contributed by atoms with Crippen LogP contribution in [-0.2, 0) is 11.3 Å². The Morgan fingerprint density at radius 1 is 1.12 bits per heavy atom. The maximum absolute atomic E-state index is 13.6. The Kier molecular flexibility index (Phi) is 6.96. The van der Waals surface area contributed by atoms with Crippen LogP contribution in [0.4, 0.5) is 0 Å². The molecule has 1 aliphatic rings. The van der Waals surface area contributed by atoms with E-state index in [1.807, 2.05) is 29.6 Å². The van der Waals surface area contributed by atoms with Crippen LogP contribution >= 0.6 is 23.1 Å². The number of thioether (sulfide) groups is 1. The van der Waals surface area contributed by atoms with Gasteiger partial charge in [-0.2, -0.15) is 0 Å². The van der Waals surface area contributed by atoms with E-state index < -0.39 is 6.04 Å². The van der Waals surface area contributed by atoms with Gasteiger partial charge in [0.05, 0.1) is 14.2 Å². The number of ether oxygens (including phenoxy) is 2. The monoisotopic (exact) mass is 469 g/mol. The molecule has 2 amide bonds. The highest BCUT2D eigenvalue weighted by Crippen LogP contribution is 2.44. The first kappa shape index (κ1) is 22.2. The highest BCUT2D eigenvalue weighted by Gasteiger charge is 2.43. The fourth-order valence-corrected chi connectivity index (χ4v) is 5.93. The summed E-state index contributed by atoms with van der Waals surface area (Å²) in [6, 6.07) is 12.1. The highest BCUT2D eigenvalue weighted by molar-refractivity contribution is 7.99. The number of aromatic nitrogens is 1. The number of hydrogen-bond donors (Lipinski definition) is 1. The van der Waals surface area contributed by atoms with Gasteiger partial charge in [-0.1, -0.05) is 6.07 Å². The predicted octanol–water partition coefficient (Wildman–Crippen LogP) is 3.73. The maximum Gasteiger partial charge on any atom is 0.255 e. The SMILES string of the molecule is COc1ccc(C(=O)N2C(C(=O)NCc3ccncc3)CSC2c2cccs2)cc1OC. The lowest BCUT2D eigenvalue weighted by Gasteiger charge is -2.28. The zero-order valence-corrected chi connectivity index (χ0v) is 19.3. The number of hydrogen-bond acceptors (Lipinski definition) is 7. The van der Waals surface area contributed by atoms with E-state index in [0.717, 1.165) is 10.4 Å². The zero-order chi connectivity index (χ0) is 22.5. The van der Waals surface area contributed by atoms with Gasteiger partial charge in [0.15, 0.2) is 11.5 Å². The Hall–Kier alpha value is -3.04. The number of nitrogens with zero attached hydrogens (tertiary/aromatic N) is 2. The van der Waals surface area contributed by atoms with Gasteiger partial charge in [-0.15, -0.1) is 23.1 Å². The van der Waals surface area contributed by atoms with Crippen LogP contribution in [0.3, 0.4) is 0 Å². The van der Waals surface area contributed by atoms with Crippen LogP contribution in [-0.4, -0.2) is 47.7 Å². The smallest absolute Gasteiger partial charge is 0.255 e. The minimum absolute atomic E-state index is 0.179. The Morgan fingerprint density at radius 2 is 1.91 bits per heavy atom. The van der Waals surface area contributed by atoms with E-state index in [1.165, 1.54) is 7.11 Å². The van der Waals surface area contributed by atoms with E-state index in [9.17, 15) is 9.59 Å². The zero-order valence-electron chi connectivity index (χ0n) is 17.7. The van der Waals surface area contributed by atoms with Crippen molar-refractivity contribution in [3.63, 3.8) is 0 Å². The van der Waals surface area contributed by atoms with Gasteiger partial charge in [0, 0.05) is 35.1 Å². The van der Waals surface area contributed by atoms with Gasteiger partial charge in [-0.3, -0.25) is 14.6 Å². The third kappa shape index (κ3) is 4.58. The molecule has 1 aliphatic heterocycles. The van der Waals surface area contributed by atoms with Gasteiger partial charge in [0.2, 0.25) is 5.91 Å². The molecule has 0 radical (unpaired) electrons. The van der Waals surface area contributed by atoms with E-state index in [1.54, 1.807) is 65.7 Å². The Labute approximate surface area is 194 Å². The summed E-state index contributed by atoms with van der Waals surface area (Å²) in [6.45, 7) is 0.380. The average Bonchev–Trinajstić information content (AvgIpc) is 3.52. The van der Waals surface area contributed by atoms with Crippen molar-refractivity contribution in [2.24, 2.45) is 0 Å². The number of pyridine rings is 1. The summed E-state index contributed by atoms with van der Waals surface area (Å²) in [5, 5.41) is 4.72.